The van der Waals surface area contributed by atoms with E-state index < -0.39 is 0 Å². The Labute approximate surface area is 106 Å². The zero-order chi connectivity index (χ0) is 13.0. The average Bonchev–Trinajstić information content (AvgIpc) is 2.91. The highest BCUT2D eigenvalue weighted by molar-refractivity contribution is 5.92. The van der Waals surface area contributed by atoms with E-state index in [1.165, 1.54) is 0 Å². The third-order valence-electron chi connectivity index (χ3n) is 2.99. The van der Waals surface area contributed by atoms with E-state index in [0.29, 0.717) is 18.1 Å². The number of aromatic nitrogens is 2. The lowest BCUT2D eigenvalue weighted by Gasteiger charge is -2.20. The van der Waals surface area contributed by atoms with Crippen molar-refractivity contribution in [3.8, 4) is 0 Å². The van der Waals surface area contributed by atoms with Gasteiger partial charge in [-0.05, 0) is 25.0 Å². The molecule has 6 heteroatoms. The van der Waals surface area contributed by atoms with E-state index in [4.69, 9.17) is 4.74 Å². The molecule has 1 atom stereocenters. The van der Waals surface area contributed by atoms with Gasteiger partial charge in [0.2, 0.25) is 0 Å². The van der Waals surface area contributed by atoms with Crippen molar-refractivity contribution in [2.75, 3.05) is 32.6 Å². The van der Waals surface area contributed by atoms with E-state index in [2.05, 4.69) is 15.5 Å². The highest BCUT2D eigenvalue weighted by Gasteiger charge is 2.21. The van der Waals surface area contributed by atoms with E-state index in [0.717, 1.165) is 19.4 Å². The molecule has 0 radical (unpaired) electrons. The third kappa shape index (κ3) is 2.95. The van der Waals surface area contributed by atoms with Gasteiger partial charge in [0.15, 0.2) is 5.69 Å². The Morgan fingerprint density at radius 3 is 2.94 bits per heavy atom. The predicted molar refractivity (Wildman–Crippen MR) is 67.5 cm³/mol. The minimum atomic E-state index is -0.124. The fraction of sp³-hybridized carbons (Fsp3) is 0.583. The maximum atomic E-state index is 12.1. The molecule has 1 unspecified atom stereocenters. The van der Waals surface area contributed by atoms with Crippen LogP contribution < -0.4 is 5.32 Å². The van der Waals surface area contributed by atoms with Crippen LogP contribution in [0.1, 0.15) is 23.3 Å². The second-order valence-electron chi connectivity index (χ2n) is 4.37. The third-order valence-corrected chi connectivity index (χ3v) is 2.99. The molecule has 0 bridgehead atoms. The lowest BCUT2D eigenvalue weighted by molar-refractivity contribution is 0.0582. The normalized spacial score (nSPS) is 18.7. The van der Waals surface area contributed by atoms with E-state index in [9.17, 15) is 4.79 Å². The van der Waals surface area contributed by atoms with Gasteiger partial charge in [0, 0.05) is 27.2 Å². The summed E-state index contributed by atoms with van der Waals surface area (Å²) in [7, 11) is 3.52. The monoisotopic (exact) mass is 250 g/mol. The molecule has 0 spiro atoms. The summed E-state index contributed by atoms with van der Waals surface area (Å²) >= 11 is 0. The number of amides is 1. The number of ether oxygens (including phenoxy) is 1. The van der Waals surface area contributed by atoms with Gasteiger partial charge in [-0.15, -0.1) is 10.2 Å². The summed E-state index contributed by atoms with van der Waals surface area (Å²) in [6, 6.07) is 3.41. The van der Waals surface area contributed by atoms with E-state index >= 15 is 0 Å². The molecule has 1 fully saturated rings. The Hall–Kier alpha value is -1.69. The quantitative estimate of drug-likeness (QED) is 0.855. The van der Waals surface area contributed by atoms with Crippen LogP contribution in [-0.4, -0.2) is 54.4 Å². The number of carbonyl (C=O) groups is 1. The number of hydrogen-bond acceptors (Lipinski definition) is 5. The maximum Gasteiger partial charge on any atom is 0.274 e. The fourth-order valence-electron chi connectivity index (χ4n) is 1.95. The molecular weight excluding hydrogens is 232 g/mol. The molecule has 0 saturated carbocycles. The van der Waals surface area contributed by atoms with Crippen LogP contribution in [0.25, 0.3) is 0 Å². The first kappa shape index (κ1) is 12.8. The summed E-state index contributed by atoms with van der Waals surface area (Å²) in [5, 5.41) is 10.7. The highest BCUT2D eigenvalue weighted by atomic mass is 16.5. The van der Waals surface area contributed by atoms with Gasteiger partial charge in [0.05, 0.1) is 6.10 Å². The Morgan fingerprint density at radius 1 is 1.56 bits per heavy atom. The number of nitrogens with zero attached hydrogens (tertiary/aromatic N) is 3. The molecule has 1 aromatic rings. The number of nitrogens with one attached hydrogen (secondary N) is 1. The minimum absolute atomic E-state index is 0.124. The van der Waals surface area contributed by atoms with Gasteiger partial charge in [-0.3, -0.25) is 4.79 Å². The summed E-state index contributed by atoms with van der Waals surface area (Å²) in [6.07, 6.45) is 2.24. The van der Waals surface area contributed by atoms with Crippen LogP contribution in [0.4, 0.5) is 5.82 Å². The fourth-order valence-corrected chi connectivity index (χ4v) is 1.95. The van der Waals surface area contributed by atoms with Crippen molar-refractivity contribution in [1.82, 2.24) is 15.1 Å². The number of likely N-dealkylation sites (N-methyl/N-ethyl adjacent to an activating group) is 1. The summed E-state index contributed by atoms with van der Waals surface area (Å²) in [5.74, 6) is 0.522. The largest absolute Gasteiger partial charge is 0.376 e. The van der Waals surface area contributed by atoms with Gasteiger partial charge < -0.3 is 15.0 Å². The SMILES string of the molecule is CNc1ccc(C(=O)N(C)CC2CCCO2)nn1. The van der Waals surface area contributed by atoms with Crippen LogP contribution in [0.2, 0.25) is 0 Å². The zero-order valence-corrected chi connectivity index (χ0v) is 10.7. The molecule has 2 heterocycles. The van der Waals surface area contributed by atoms with Crippen LogP contribution in [0.3, 0.4) is 0 Å². The van der Waals surface area contributed by atoms with Gasteiger partial charge in [-0.1, -0.05) is 0 Å². The van der Waals surface area contributed by atoms with E-state index in [-0.39, 0.29) is 12.0 Å². The Morgan fingerprint density at radius 2 is 2.39 bits per heavy atom. The number of carbonyl (C=O) groups excluding carboxylic acids is 1. The van der Waals surface area contributed by atoms with E-state index in [1.807, 2.05) is 0 Å². The van der Waals surface area contributed by atoms with Crippen molar-refractivity contribution in [2.24, 2.45) is 0 Å². The Balaban J connectivity index is 1.95. The Bertz CT molecular complexity index is 401. The maximum absolute atomic E-state index is 12.1. The predicted octanol–water partition coefficient (Wildman–Crippen LogP) is 0.769. The first-order valence-electron chi connectivity index (χ1n) is 6.09. The van der Waals surface area contributed by atoms with Crippen molar-refractivity contribution in [2.45, 2.75) is 18.9 Å². The van der Waals surface area contributed by atoms with Crippen molar-refractivity contribution in [1.29, 1.82) is 0 Å². The summed E-state index contributed by atoms with van der Waals surface area (Å²) in [4.78, 5) is 13.7. The van der Waals surface area contributed by atoms with Crippen LogP contribution in [-0.2, 0) is 4.74 Å². The first-order chi connectivity index (χ1) is 8.70. The van der Waals surface area contributed by atoms with Crippen molar-refractivity contribution in [3.63, 3.8) is 0 Å². The number of rotatable bonds is 4. The van der Waals surface area contributed by atoms with Gasteiger partial charge in [0.25, 0.3) is 5.91 Å². The van der Waals surface area contributed by atoms with E-state index in [1.54, 1.807) is 31.1 Å². The standard InChI is InChI=1S/C12H18N4O2/c1-13-11-6-5-10(14-15-11)12(17)16(2)8-9-4-3-7-18-9/h5-6,9H,3-4,7-8H2,1-2H3,(H,13,15). The molecule has 1 aliphatic heterocycles. The second-order valence-corrected chi connectivity index (χ2v) is 4.37. The van der Waals surface area contributed by atoms with Gasteiger partial charge in [-0.2, -0.15) is 0 Å². The molecule has 98 valence electrons. The summed E-state index contributed by atoms with van der Waals surface area (Å²) < 4.78 is 5.51. The molecule has 2 rings (SSSR count). The molecule has 6 nitrogen and oxygen atoms in total. The molecule has 0 aliphatic carbocycles. The molecular formula is C12H18N4O2. The minimum Gasteiger partial charge on any atom is -0.376 e. The van der Waals surface area contributed by atoms with Gasteiger partial charge in [-0.25, -0.2) is 0 Å². The highest BCUT2D eigenvalue weighted by Crippen LogP contribution is 2.13. The smallest absolute Gasteiger partial charge is 0.274 e. The van der Waals surface area contributed by atoms with Crippen molar-refractivity contribution >= 4 is 11.7 Å². The van der Waals surface area contributed by atoms with Gasteiger partial charge >= 0.3 is 0 Å². The van der Waals surface area contributed by atoms with Crippen LogP contribution in [0.5, 0.6) is 0 Å². The lowest BCUT2D eigenvalue weighted by atomic mass is 10.2. The second kappa shape index (κ2) is 5.77. The first-order valence-corrected chi connectivity index (χ1v) is 6.09. The lowest BCUT2D eigenvalue weighted by Crippen LogP contribution is -2.34. The molecule has 1 aromatic heterocycles. The molecule has 1 N–H and O–H groups in total. The summed E-state index contributed by atoms with van der Waals surface area (Å²) in [6.45, 7) is 1.40. The summed E-state index contributed by atoms with van der Waals surface area (Å²) in [5.41, 5.74) is 0.356. The van der Waals surface area contributed by atoms with Crippen molar-refractivity contribution in [3.05, 3.63) is 17.8 Å². The van der Waals surface area contributed by atoms with Crippen LogP contribution in [0.15, 0.2) is 12.1 Å². The molecule has 0 aromatic carbocycles. The topological polar surface area (TPSA) is 67.4 Å². The van der Waals surface area contributed by atoms with Crippen LogP contribution >= 0.6 is 0 Å². The van der Waals surface area contributed by atoms with Gasteiger partial charge in [0.1, 0.15) is 5.82 Å². The number of anilines is 1. The molecule has 1 aliphatic rings. The number of hydrogen-bond donors (Lipinski definition) is 1. The molecule has 18 heavy (non-hydrogen) atoms. The van der Waals surface area contributed by atoms with Crippen molar-refractivity contribution < 1.29 is 9.53 Å². The zero-order valence-electron chi connectivity index (χ0n) is 10.7. The molecule has 1 amide bonds. The van der Waals surface area contributed by atoms with Crippen LogP contribution in [0, 0.1) is 0 Å². The molecule has 1 saturated heterocycles. The average molecular weight is 250 g/mol. The Kier molecular flexibility index (Phi) is 4.09.